The maximum absolute atomic E-state index is 13.5. The molecule has 26 heavy (non-hydrogen) atoms. The molecule has 0 fully saturated rings. The van der Waals surface area contributed by atoms with Gasteiger partial charge in [-0.1, -0.05) is 41.4 Å². The Bertz CT molecular complexity index is 922. The second-order valence-corrected chi connectivity index (χ2v) is 7.50. The van der Waals surface area contributed by atoms with Gasteiger partial charge in [0, 0.05) is 36.5 Å². The van der Waals surface area contributed by atoms with Crippen LogP contribution in [0.25, 0.3) is 0 Å². The summed E-state index contributed by atoms with van der Waals surface area (Å²) in [5.41, 5.74) is 3.41. The minimum Gasteiger partial charge on any atom is -0.350 e. The summed E-state index contributed by atoms with van der Waals surface area (Å²) in [5, 5.41) is 0.898. The van der Waals surface area contributed by atoms with E-state index in [9.17, 15) is 4.39 Å². The zero-order valence-electron chi connectivity index (χ0n) is 14.2. The van der Waals surface area contributed by atoms with Gasteiger partial charge in [-0.3, -0.25) is 4.90 Å². The van der Waals surface area contributed by atoms with E-state index in [0.717, 1.165) is 35.7 Å². The van der Waals surface area contributed by atoms with Crippen molar-refractivity contribution >= 4 is 23.2 Å². The van der Waals surface area contributed by atoms with Crippen LogP contribution < -0.4 is 0 Å². The van der Waals surface area contributed by atoms with Gasteiger partial charge in [-0.05, 0) is 53.9 Å². The first-order valence-corrected chi connectivity index (χ1v) is 9.46. The normalized spacial score (nSPS) is 17.7. The summed E-state index contributed by atoms with van der Waals surface area (Å²) in [7, 11) is 0. The van der Waals surface area contributed by atoms with Gasteiger partial charge in [-0.15, -0.1) is 0 Å². The van der Waals surface area contributed by atoms with Crippen LogP contribution in [0.4, 0.5) is 4.39 Å². The zero-order valence-corrected chi connectivity index (χ0v) is 15.7. The van der Waals surface area contributed by atoms with Gasteiger partial charge in [0.25, 0.3) is 0 Å². The van der Waals surface area contributed by atoms with Crippen molar-refractivity contribution in [2.45, 2.75) is 25.6 Å². The third-order valence-electron chi connectivity index (χ3n) is 4.89. The van der Waals surface area contributed by atoms with E-state index in [1.807, 2.05) is 18.2 Å². The number of fused-ring (bicyclic) bond motifs is 1. The molecule has 134 valence electrons. The Morgan fingerprint density at radius 1 is 1.00 bits per heavy atom. The van der Waals surface area contributed by atoms with Crippen molar-refractivity contribution in [2.75, 3.05) is 6.54 Å². The summed E-state index contributed by atoms with van der Waals surface area (Å²) in [5.74, 6) is -0.383. The monoisotopic (exact) mass is 388 g/mol. The molecule has 3 aromatic rings. The first-order chi connectivity index (χ1) is 12.6. The molecule has 1 aliphatic rings. The fourth-order valence-electron chi connectivity index (χ4n) is 3.74. The molecule has 0 aliphatic carbocycles. The lowest BCUT2D eigenvalue weighted by atomic mass is 10.0. The van der Waals surface area contributed by atoms with Crippen LogP contribution in [0, 0.1) is 5.82 Å². The minimum absolute atomic E-state index is 0.0926. The van der Waals surface area contributed by atoms with Crippen molar-refractivity contribution in [3.05, 3.63) is 93.5 Å². The highest BCUT2D eigenvalue weighted by atomic mass is 35.5. The molecule has 5 heteroatoms. The van der Waals surface area contributed by atoms with Crippen LogP contribution in [0.2, 0.25) is 10.0 Å². The second kappa shape index (κ2) is 7.43. The van der Waals surface area contributed by atoms with Crippen LogP contribution in [-0.4, -0.2) is 16.0 Å². The molecule has 1 aliphatic heterocycles. The Hall–Kier alpha value is -1.81. The smallest absolute Gasteiger partial charge is 0.141 e. The Kier molecular flexibility index (Phi) is 5.03. The average Bonchev–Trinajstić information content (AvgIpc) is 3.00. The van der Waals surface area contributed by atoms with Gasteiger partial charge < -0.3 is 4.57 Å². The maximum Gasteiger partial charge on any atom is 0.141 e. The molecule has 0 N–H and O–H groups in total. The Morgan fingerprint density at radius 3 is 2.69 bits per heavy atom. The number of aryl methyl sites for hydroxylation is 1. The third kappa shape index (κ3) is 3.52. The van der Waals surface area contributed by atoms with E-state index in [4.69, 9.17) is 23.2 Å². The third-order valence-corrected chi connectivity index (χ3v) is 5.41. The van der Waals surface area contributed by atoms with Crippen molar-refractivity contribution in [1.82, 2.24) is 9.47 Å². The summed E-state index contributed by atoms with van der Waals surface area (Å²) >= 11 is 12.3. The molecular formula is C21H19Cl2FN2. The van der Waals surface area contributed by atoms with Gasteiger partial charge in [0.05, 0.1) is 11.1 Å². The Labute approximate surface area is 162 Å². The van der Waals surface area contributed by atoms with Crippen molar-refractivity contribution in [2.24, 2.45) is 0 Å². The number of benzene rings is 2. The van der Waals surface area contributed by atoms with Gasteiger partial charge in [-0.25, -0.2) is 4.39 Å². The van der Waals surface area contributed by atoms with E-state index in [0.29, 0.717) is 6.54 Å². The largest absolute Gasteiger partial charge is 0.350 e. The van der Waals surface area contributed by atoms with Gasteiger partial charge in [0.2, 0.25) is 0 Å². The number of aromatic nitrogens is 1. The molecule has 0 bridgehead atoms. The molecule has 0 radical (unpaired) electrons. The lowest BCUT2D eigenvalue weighted by molar-refractivity contribution is 0.220. The molecule has 1 atom stereocenters. The summed E-state index contributed by atoms with van der Waals surface area (Å²) in [6.45, 7) is 2.62. The van der Waals surface area contributed by atoms with Gasteiger partial charge in [0.1, 0.15) is 5.82 Å². The fourth-order valence-corrected chi connectivity index (χ4v) is 4.14. The Morgan fingerprint density at radius 2 is 1.88 bits per heavy atom. The SMILES string of the molecule is Fc1ccc(CN2CCCn3cccc3[C@H]2c2cccc(Cl)c2)cc1Cl. The molecule has 2 aromatic carbocycles. The van der Waals surface area contributed by atoms with Gasteiger partial charge >= 0.3 is 0 Å². The van der Waals surface area contributed by atoms with E-state index in [2.05, 4.69) is 33.9 Å². The first-order valence-electron chi connectivity index (χ1n) is 8.70. The lowest BCUT2D eigenvalue weighted by Crippen LogP contribution is -2.29. The van der Waals surface area contributed by atoms with Gasteiger partial charge in [-0.2, -0.15) is 0 Å². The number of rotatable bonds is 3. The fraction of sp³-hybridized carbons (Fsp3) is 0.238. The Balaban J connectivity index is 1.74. The molecule has 0 saturated heterocycles. The van der Waals surface area contributed by atoms with Crippen LogP contribution >= 0.6 is 23.2 Å². The average molecular weight is 389 g/mol. The molecular weight excluding hydrogens is 370 g/mol. The molecule has 0 spiro atoms. The number of halogens is 3. The van der Waals surface area contributed by atoms with Crippen molar-refractivity contribution in [3.8, 4) is 0 Å². The zero-order chi connectivity index (χ0) is 18.1. The van der Waals surface area contributed by atoms with E-state index in [1.165, 1.54) is 11.8 Å². The van der Waals surface area contributed by atoms with Crippen molar-refractivity contribution in [1.29, 1.82) is 0 Å². The van der Waals surface area contributed by atoms with E-state index >= 15 is 0 Å². The minimum atomic E-state index is -0.383. The van der Waals surface area contributed by atoms with Crippen LogP contribution in [0.15, 0.2) is 60.8 Å². The highest BCUT2D eigenvalue weighted by molar-refractivity contribution is 6.31. The quantitative estimate of drug-likeness (QED) is 0.539. The summed E-state index contributed by atoms with van der Waals surface area (Å²) in [4.78, 5) is 2.41. The van der Waals surface area contributed by atoms with Crippen molar-refractivity contribution < 1.29 is 4.39 Å². The van der Waals surface area contributed by atoms with Crippen LogP contribution in [0.5, 0.6) is 0 Å². The highest BCUT2D eigenvalue weighted by Crippen LogP contribution is 2.34. The van der Waals surface area contributed by atoms with E-state index in [1.54, 1.807) is 12.1 Å². The number of nitrogens with zero attached hydrogens (tertiary/aromatic N) is 2. The molecule has 2 nitrogen and oxygen atoms in total. The molecule has 2 heterocycles. The van der Waals surface area contributed by atoms with Gasteiger partial charge in [0.15, 0.2) is 0 Å². The highest BCUT2D eigenvalue weighted by Gasteiger charge is 2.27. The molecule has 0 unspecified atom stereocenters. The molecule has 0 amide bonds. The van der Waals surface area contributed by atoms with Crippen LogP contribution in [0.1, 0.15) is 29.3 Å². The standard InChI is InChI=1S/C21H19Cl2FN2/c22-17-5-1-4-16(13-17)21-20-6-2-9-25(20)10-3-11-26(21)14-15-7-8-19(24)18(23)12-15/h1-2,4-9,12-13,21H,3,10-11,14H2/t21-/m1/s1. The lowest BCUT2D eigenvalue weighted by Gasteiger charge is -2.31. The predicted octanol–water partition coefficient (Wildman–Crippen LogP) is 5.93. The topological polar surface area (TPSA) is 8.17 Å². The van der Waals surface area contributed by atoms with Crippen LogP contribution in [-0.2, 0) is 13.1 Å². The second-order valence-electron chi connectivity index (χ2n) is 6.66. The molecule has 1 aromatic heterocycles. The maximum atomic E-state index is 13.5. The van der Waals surface area contributed by atoms with Crippen LogP contribution in [0.3, 0.4) is 0 Å². The first kappa shape index (κ1) is 17.6. The van der Waals surface area contributed by atoms with Crippen molar-refractivity contribution in [3.63, 3.8) is 0 Å². The summed E-state index contributed by atoms with van der Waals surface area (Å²) in [6.07, 6.45) is 3.18. The summed E-state index contributed by atoms with van der Waals surface area (Å²) < 4.78 is 15.8. The van der Waals surface area contributed by atoms with E-state index < -0.39 is 0 Å². The molecule has 0 saturated carbocycles. The summed E-state index contributed by atoms with van der Waals surface area (Å²) in [6, 6.07) is 17.3. The van der Waals surface area contributed by atoms with E-state index in [-0.39, 0.29) is 16.9 Å². The number of hydrogen-bond donors (Lipinski definition) is 0. The predicted molar refractivity (Wildman–Crippen MR) is 104 cm³/mol. The number of hydrogen-bond acceptors (Lipinski definition) is 1. The molecule has 4 rings (SSSR count).